The van der Waals surface area contributed by atoms with E-state index in [0.717, 1.165) is 19.3 Å². The molecule has 0 amide bonds. The lowest BCUT2D eigenvalue weighted by molar-refractivity contribution is -0.245. The summed E-state index contributed by atoms with van der Waals surface area (Å²) in [6, 6.07) is 4.79. The summed E-state index contributed by atoms with van der Waals surface area (Å²) in [5.74, 6) is 0.662. The molecule has 0 unspecified atom stereocenters. The number of aliphatic hydroxyl groups excluding tert-OH is 1. The monoisotopic (exact) mass is 422 g/mol. The van der Waals surface area contributed by atoms with Crippen LogP contribution in [0.25, 0.3) is 5.57 Å². The number of rotatable bonds is 2. The van der Waals surface area contributed by atoms with Crippen LogP contribution in [0.5, 0.6) is 0 Å². The van der Waals surface area contributed by atoms with Crippen molar-refractivity contribution < 1.29 is 5.11 Å². The maximum atomic E-state index is 10.7. The van der Waals surface area contributed by atoms with Crippen LogP contribution in [0.3, 0.4) is 0 Å². The fourth-order valence-corrected chi connectivity index (χ4v) is 9.50. The Morgan fingerprint density at radius 1 is 1.03 bits per heavy atom. The topological polar surface area (TPSA) is 45.2 Å². The van der Waals surface area contributed by atoms with Gasteiger partial charge in [0.15, 0.2) is 0 Å². The first-order valence-corrected chi connectivity index (χ1v) is 12.5. The number of aliphatic hydroxyl groups is 1. The summed E-state index contributed by atoms with van der Waals surface area (Å²) in [6.07, 6.45) is 14.3. The van der Waals surface area contributed by atoms with E-state index < -0.39 is 0 Å². The molecule has 8 atom stereocenters. The Morgan fingerprint density at radius 2 is 1.81 bits per heavy atom. The van der Waals surface area contributed by atoms with Gasteiger partial charge in [-0.25, -0.2) is 0 Å². The average molecular weight is 423 g/mol. The number of nitrogens with zero attached hydrogens (tertiary/aromatic N) is 1. The summed E-state index contributed by atoms with van der Waals surface area (Å²) in [4.78, 5) is 4.45. The van der Waals surface area contributed by atoms with Gasteiger partial charge in [0.25, 0.3) is 0 Å². The van der Waals surface area contributed by atoms with Crippen molar-refractivity contribution in [2.24, 2.45) is 33.0 Å². The number of pyridine rings is 1. The van der Waals surface area contributed by atoms with Gasteiger partial charge in [-0.1, -0.05) is 46.8 Å². The number of aromatic nitrogens is 1. The van der Waals surface area contributed by atoms with Crippen LogP contribution in [-0.4, -0.2) is 29.3 Å². The van der Waals surface area contributed by atoms with Crippen LogP contribution in [0.15, 0.2) is 30.6 Å². The highest BCUT2D eigenvalue weighted by Gasteiger charge is 2.72. The lowest BCUT2D eigenvalue weighted by Gasteiger charge is -2.74. The molecule has 1 heterocycles. The third kappa shape index (κ3) is 2.46. The van der Waals surface area contributed by atoms with E-state index >= 15 is 0 Å². The Kier molecular flexibility index (Phi) is 4.66. The molecule has 170 valence electrons. The van der Waals surface area contributed by atoms with E-state index in [1.165, 1.54) is 36.8 Å². The summed E-state index contributed by atoms with van der Waals surface area (Å²) in [5, 5.41) is 14.4. The van der Waals surface area contributed by atoms with Crippen LogP contribution < -0.4 is 5.32 Å². The van der Waals surface area contributed by atoms with Gasteiger partial charge in [-0.05, 0) is 102 Å². The van der Waals surface area contributed by atoms with Crippen molar-refractivity contribution in [2.45, 2.75) is 91.7 Å². The molecule has 3 nitrogen and oxygen atoms in total. The van der Waals surface area contributed by atoms with Gasteiger partial charge in [-0.2, -0.15) is 0 Å². The Morgan fingerprint density at radius 3 is 2.48 bits per heavy atom. The SMILES string of the molecule is CN[C@H]1C[C@@H]2[C@](C)(CC[C@]3(C)C(c4cccnc4)=CC[C@@]23C)[C@@]2(C)CC[C@H](O)C[C@]12C. The molecule has 31 heavy (non-hydrogen) atoms. The smallest absolute Gasteiger partial charge is 0.0546 e. The molecule has 1 aromatic heterocycles. The third-order valence-corrected chi connectivity index (χ3v) is 12.0. The van der Waals surface area contributed by atoms with E-state index in [1.54, 1.807) is 0 Å². The van der Waals surface area contributed by atoms with Crippen molar-refractivity contribution in [3.8, 4) is 0 Å². The predicted octanol–water partition coefficient (Wildman–Crippen LogP) is 5.85. The van der Waals surface area contributed by atoms with E-state index in [9.17, 15) is 5.11 Å². The van der Waals surface area contributed by atoms with Crippen molar-refractivity contribution in [3.05, 3.63) is 36.2 Å². The zero-order valence-corrected chi connectivity index (χ0v) is 20.5. The molecule has 4 aliphatic carbocycles. The molecule has 4 aliphatic rings. The Bertz CT molecular complexity index is 898. The van der Waals surface area contributed by atoms with E-state index in [4.69, 9.17) is 0 Å². The largest absolute Gasteiger partial charge is 0.393 e. The number of hydrogen-bond acceptors (Lipinski definition) is 3. The standard InChI is InChI=1S/C28H42N2O/c1-24-13-14-26(3)22(25(24,2)11-10-21(24)19-8-7-15-30-18-19)16-23(29-6)27(4)17-20(31)9-12-28(26,27)5/h7-8,10,15,18,20,22-23,29,31H,9,11-14,16-17H2,1-6H3/t20-,22-,23-,24+,25-,26-,27+,28+/m0/s1. The van der Waals surface area contributed by atoms with Crippen molar-refractivity contribution in [2.75, 3.05) is 7.05 Å². The molecule has 3 saturated carbocycles. The second-order valence-corrected chi connectivity index (χ2v) is 12.5. The Labute approximate surface area is 189 Å². The maximum absolute atomic E-state index is 10.7. The minimum atomic E-state index is -0.149. The van der Waals surface area contributed by atoms with Crippen LogP contribution in [0, 0.1) is 33.0 Å². The number of fused-ring (bicyclic) bond motifs is 5. The molecule has 0 saturated heterocycles. The molecule has 0 spiro atoms. The molecule has 3 fully saturated rings. The lowest BCUT2D eigenvalue weighted by Crippen LogP contribution is -2.71. The first-order valence-electron chi connectivity index (χ1n) is 12.5. The molecule has 0 bridgehead atoms. The number of allylic oxidation sites excluding steroid dienone is 2. The van der Waals surface area contributed by atoms with Crippen molar-refractivity contribution >= 4 is 5.57 Å². The van der Waals surface area contributed by atoms with Gasteiger partial charge in [-0.3, -0.25) is 4.98 Å². The van der Waals surface area contributed by atoms with Gasteiger partial charge in [0.1, 0.15) is 0 Å². The molecular weight excluding hydrogens is 380 g/mol. The molecule has 1 aromatic rings. The summed E-state index contributed by atoms with van der Waals surface area (Å²) in [5.41, 5.74) is 3.95. The summed E-state index contributed by atoms with van der Waals surface area (Å²) < 4.78 is 0. The second kappa shape index (κ2) is 6.67. The van der Waals surface area contributed by atoms with Gasteiger partial charge in [-0.15, -0.1) is 0 Å². The highest BCUT2D eigenvalue weighted by Crippen LogP contribution is 2.78. The van der Waals surface area contributed by atoms with Crippen molar-refractivity contribution in [1.29, 1.82) is 0 Å². The Balaban J connectivity index is 1.61. The zero-order chi connectivity index (χ0) is 22.3. The number of nitrogens with one attached hydrogen (secondary N) is 1. The van der Waals surface area contributed by atoms with E-state index in [1.807, 2.05) is 6.20 Å². The van der Waals surface area contributed by atoms with Crippen LogP contribution >= 0.6 is 0 Å². The maximum Gasteiger partial charge on any atom is 0.0546 e. The van der Waals surface area contributed by atoms with Crippen molar-refractivity contribution in [1.82, 2.24) is 10.3 Å². The Hall–Kier alpha value is -1.19. The van der Waals surface area contributed by atoms with Crippen LogP contribution in [0.2, 0.25) is 0 Å². The van der Waals surface area contributed by atoms with Crippen molar-refractivity contribution in [3.63, 3.8) is 0 Å². The van der Waals surface area contributed by atoms with Crippen LogP contribution in [0.1, 0.15) is 85.1 Å². The van der Waals surface area contributed by atoms with Crippen LogP contribution in [-0.2, 0) is 0 Å². The second-order valence-electron chi connectivity index (χ2n) is 12.5. The molecule has 5 rings (SSSR count). The van der Waals surface area contributed by atoms with Gasteiger partial charge in [0.05, 0.1) is 6.10 Å². The number of hydrogen-bond donors (Lipinski definition) is 2. The summed E-state index contributed by atoms with van der Waals surface area (Å²) >= 11 is 0. The van der Waals surface area contributed by atoms with E-state index in [2.05, 4.69) is 76.4 Å². The predicted molar refractivity (Wildman–Crippen MR) is 127 cm³/mol. The van der Waals surface area contributed by atoms with Gasteiger partial charge >= 0.3 is 0 Å². The minimum absolute atomic E-state index is 0.132. The molecule has 2 N–H and O–H groups in total. The van der Waals surface area contributed by atoms with E-state index in [0.29, 0.717) is 17.4 Å². The lowest BCUT2D eigenvalue weighted by atomic mass is 9.31. The first kappa shape index (κ1) is 21.6. The third-order valence-electron chi connectivity index (χ3n) is 12.0. The fourth-order valence-electron chi connectivity index (χ4n) is 9.50. The zero-order valence-electron chi connectivity index (χ0n) is 20.5. The molecule has 0 aliphatic heterocycles. The normalized spacial score (nSPS) is 51.5. The van der Waals surface area contributed by atoms with E-state index in [-0.39, 0.29) is 27.8 Å². The quantitative estimate of drug-likeness (QED) is 0.629. The highest BCUT2D eigenvalue weighted by atomic mass is 16.3. The first-order chi connectivity index (χ1) is 14.6. The fraction of sp³-hybridized carbons (Fsp3) is 0.750. The molecular formula is C28H42N2O. The minimum Gasteiger partial charge on any atom is -0.393 e. The molecule has 3 heteroatoms. The van der Waals surface area contributed by atoms with Gasteiger partial charge in [0, 0.05) is 18.4 Å². The molecule has 0 radical (unpaired) electrons. The summed E-state index contributed by atoms with van der Waals surface area (Å²) in [7, 11) is 2.15. The van der Waals surface area contributed by atoms with Gasteiger partial charge in [0.2, 0.25) is 0 Å². The van der Waals surface area contributed by atoms with Crippen LogP contribution in [0.4, 0.5) is 0 Å². The van der Waals surface area contributed by atoms with Gasteiger partial charge < -0.3 is 10.4 Å². The average Bonchev–Trinajstić information content (AvgIpc) is 3.02. The molecule has 0 aromatic carbocycles. The highest BCUT2D eigenvalue weighted by molar-refractivity contribution is 5.73. The summed E-state index contributed by atoms with van der Waals surface area (Å²) in [6.45, 7) is 12.9.